The lowest BCUT2D eigenvalue weighted by molar-refractivity contribution is 0.180. The van der Waals surface area contributed by atoms with Crippen LogP contribution in [-0.2, 0) is 5.54 Å². The van der Waals surface area contributed by atoms with Crippen molar-refractivity contribution in [3.63, 3.8) is 0 Å². The molecule has 2 unspecified atom stereocenters. The minimum absolute atomic E-state index is 0.0214. The minimum Gasteiger partial charge on any atom is -0.329 e. The van der Waals surface area contributed by atoms with E-state index in [-0.39, 0.29) is 17.6 Å². The summed E-state index contributed by atoms with van der Waals surface area (Å²) in [6, 6.07) is 20.2. The number of hydrogen-bond donors (Lipinski definition) is 1. The molecule has 0 spiro atoms. The van der Waals surface area contributed by atoms with Gasteiger partial charge in [0, 0.05) is 7.05 Å². The minimum atomic E-state index is -0.372. The molecule has 1 N–H and O–H groups in total. The lowest BCUT2D eigenvalue weighted by Crippen LogP contribution is -2.49. The van der Waals surface area contributed by atoms with Crippen molar-refractivity contribution in [1.82, 2.24) is 10.2 Å². The van der Waals surface area contributed by atoms with Crippen LogP contribution in [0.1, 0.15) is 44.4 Å². The maximum atomic E-state index is 12.7. The first-order valence-electron chi connectivity index (χ1n) is 8.13. The molecular weight excluding hydrogens is 284 g/mol. The molecule has 0 radical (unpaired) electrons. The van der Waals surface area contributed by atoms with Crippen LogP contribution in [-0.4, -0.2) is 18.0 Å². The summed E-state index contributed by atoms with van der Waals surface area (Å²) < 4.78 is 0. The van der Waals surface area contributed by atoms with Gasteiger partial charge in [0.15, 0.2) is 0 Å². The van der Waals surface area contributed by atoms with E-state index in [0.717, 1.165) is 17.5 Å². The first kappa shape index (κ1) is 17.1. The highest BCUT2D eigenvalue weighted by Crippen LogP contribution is 2.26. The quantitative estimate of drug-likeness (QED) is 0.852. The van der Waals surface area contributed by atoms with Crippen LogP contribution in [0.4, 0.5) is 4.79 Å². The van der Waals surface area contributed by atoms with E-state index in [2.05, 4.69) is 31.3 Å². The van der Waals surface area contributed by atoms with Crippen LogP contribution in [0.5, 0.6) is 0 Å². The van der Waals surface area contributed by atoms with E-state index in [1.807, 2.05) is 62.5 Å². The number of rotatable bonds is 5. The first-order valence-corrected chi connectivity index (χ1v) is 8.13. The highest BCUT2D eigenvalue weighted by atomic mass is 16.2. The molecule has 3 nitrogen and oxygen atoms in total. The van der Waals surface area contributed by atoms with Gasteiger partial charge in [-0.25, -0.2) is 4.79 Å². The van der Waals surface area contributed by atoms with Crippen molar-refractivity contribution in [3.8, 4) is 0 Å². The largest absolute Gasteiger partial charge is 0.329 e. The Hall–Kier alpha value is -2.29. The predicted octanol–water partition coefficient (Wildman–Crippen LogP) is 4.71. The van der Waals surface area contributed by atoms with Gasteiger partial charge in [-0.3, -0.25) is 0 Å². The maximum absolute atomic E-state index is 12.7. The number of nitrogens with one attached hydrogen (secondary N) is 1. The van der Waals surface area contributed by atoms with Crippen LogP contribution >= 0.6 is 0 Å². The molecule has 0 heterocycles. The Morgan fingerprint density at radius 3 is 2.13 bits per heavy atom. The van der Waals surface area contributed by atoms with Gasteiger partial charge >= 0.3 is 6.03 Å². The molecule has 0 saturated heterocycles. The Kier molecular flexibility index (Phi) is 5.43. The molecule has 2 rings (SSSR count). The molecule has 0 fully saturated rings. The highest BCUT2D eigenvalue weighted by molar-refractivity contribution is 5.75. The molecule has 0 saturated carbocycles. The predicted molar refractivity (Wildman–Crippen MR) is 95.2 cm³/mol. The summed E-state index contributed by atoms with van der Waals surface area (Å²) in [7, 11) is 1.84. The van der Waals surface area contributed by atoms with Crippen molar-refractivity contribution in [3.05, 3.63) is 71.8 Å². The van der Waals surface area contributed by atoms with Crippen LogP contribution in [0.3, 0.4) is 0 Å². The van der Waals surface area contributed by atoms with E-state index in [4.69, 9.17) is 0 Å². The summed E-state index contributed by atoms with van der Waals surface area (Å²) in [6.45, 7) is 6.20. The molecule has 3 heteroatoms. The Balaban J connectivity index is 2.13. The van der Waals surface area contributed by atoms with Crippen LogP contribution in [0.2, 0.25) is 0 Å². The third-order valence-corrected chi connectivity index (χ3v) is 4.68. The van der Waals surface area contributed by atoms with Gasteiger partial charge in [-0.05, 0) is 31.4 Å². The third-order valence-electron chi connectivity index (χ3n) is 4.68. The van der Waals surface area contributed by atoms with E-state index < -0.39 is 0 Å². The van der Waals surface area contributed by atoms with Crippen molar-refractivity contribution in [2.75, 3.05) is 7.05 Å². The lowest BCUT2D eigenvalue weighted by atomic mass is 9.89. The SMILES string of the molecule is CCC(C)(NC(=O)N(C)C(C)c1ccccc1)c1ccccc1. The molecule has 0 bridgehead atoms. The zero-order valence-corrected chi connectivity index (χ0v) is 14.4. The molecule has 2 aromatic rings. The molecule has 2 amide bonds. The maximum Gasteiger partial charge on any atom is 0.318 e. The molecule has 0 aliphatic rings. The molecule has 122 valence electrons. The second-order valence-corrected chi connectivity index (χ2v) is 6.18. The molecule has 2 aromatic carbocycles. The van der Waals surface area contributed by atoms with E-state index in [1.54, 1.807) is 4.90 Å². The van der Waals surface area contributed by atoms with Gasteiger partial charge in [0.05, 0.1) is 11.6 Å². The van der Waals surface area contributed by atoms with Crippen LogP contribution < -0.4 is 5.32 Å². The smallest absolute Gasteiger partial charge is 0.318 e. The van der Waals surface area contributed by atoms with E-state index >= 15 is 0 Å². The van der Waals surface area contributed by atoms with Gasteiger partial charge in [0.2, 0.25) is 0 Å². The number of nitrogens with zero attached hydrogens (tertiary/aromatic N) is 1. The van der Waals surface area contributed by atoms with Crippen molar-refractivity contribution in [2.24, 2.45) is 0 Å². The number of carbonyl (C=O) groups excluding carboxylic acids is 1. The zero-order valence-electron chi connectivity index (χ0n) is 14.4. The lowest BCUT2D eigenvalue weighted by Gasteiger charge is -2.34. The van der Waals surface area contributed by atoms with Crippen LogP contribution in [0.15, 0.2) is 60.7 Å². The van der Waals surface area contributed by atoms with E-state index in [1.165, 1.54) is 0 Å². The first-order chi connectivity index (χ1) is 11.0. The van der Waals surface area contributed by atoms with Crippen LogP contribution in [0, 0.1) is 0 Å². The summed E-state index contributed by atoms with van der Waals surface area (Å²) in [6.07, 6.45) is 0.830. The molecule has 0 aliphatic carbocycles. The van der Waals surface area contributed by atoms with Gasteiger partial charge in [-0.15, -0.1) is 0 Å². The van der Waals surface area contributed by atoms with Gasteiger partial charge < -0.3 is 10.2 Å². The second-order valence-electron chi connectivity index (χ2n) is 6.18. The average Bonchev–Trinajstić information content (AvgIpc) is 2.61. The summed E-state index contributed by atoms with van der Waals surface area (Å²) >= 11 is 0. The zero-order chi connectivity index (χ0) is 16.9. The fraction of sp³-hybridized carbons (Fsp3) is 0.350. The molecular formula is C20H26N2O. The van der Waals surface area contributed by atoms with Gasteiger partial charge in [-0.1, -0.05) is 67.6 Å². The standard InChI is InChI=1S/C20H26N2O/c1-5-20(3,18-14-10-7-11-15-18)21-19(23)22(4)16(2)17-12-8-6-9-13-17/h6-16H,5H2,1-4H3,(H,21,23). The number of urea groups is 1. The van der Waals surface area contributed by atoms with E-state index in [9.17, 15) is 4.79 Å². The summed E-state index contributed by atoms with van der Waals surface area (Å²) in [5.41, 5.74) is 1.88. The molecule has 0 aliphatic heterocycles. The van der Waals surface area contributed by atoms with Crippen molar-refractivity contribution < 1.29 is 4.79 Å². The number of amides is 2. The van der Waals surface area contributed by atoms with Crippen LogP contribution in [0.25, 0.3) is 0 Å². The molecule has 2 atom stereocenters. The number of benzene rings is 2. The third kappa shape index (κ3) is 3.92. The van der Waals surface area contributed by atoms with Gasteiger partial charge in [0.1, 0.15) is 0 Å². The number of carbonyl (C=O) groups is 1. The summed E-state index contributed by atoms with van der Waals surface area (Å²) in [4.78, 5) is 14.5. The summed E-state index contributed by atoms with van der Waals surface area (Å²) in [5.74, 6) is 0. The van der Waals surface area contributed by atoms with E-state index in [0.29, 0.717) is 0 Å². The summed E-state index contributed by atoms with van der Waals surface area (Å²) in [5, 5.41) is 3.20. The molecule has 0 aromatic heterocycles. The van der Waals surface area contributed by atoms with Gasteiger partial charge in [0.25, 0.3) is 0 Å². The normalized spacial score (nSPS) is 14.6. The average molecular weight is 310 g/mol. The topological polar surface area (TPSA) is 32.3 Å². The fourth-order valence-corrected chi connectivity index (χ4v) is 2.63. The fourth-order valence-electron chi connectivity index (χ4n) is 2.63. The Labute approximate surface area is 139 Å². The Morgan fingerprint density at radius 2 is 1.61 bits per heavy atom. The Morgan fingerprint density at radius 1 is 1.09 bits per heavy atom. The second kappa shape index (κ2) is 7.32. The Bertz CT molecular complexity index is 627. The van der Waals surface area contributed by atoms with Crippen molar-refractivity contribution >= 4 is 6.03 Å². The van der Waals surface area contributed by atoms with Crippen molar-refractivity contribution in [2.45, 2.75) is 38.8 Å². The van der Waals surface area contributed by atoms with Crippen molar-refractivity contribution in [1.29, 1.82) is 0 Å². The number of hydrogen-bond acceptors (Lipinski definition) is 1. The highest BCUT2D eigenvalue weighted by Gasteiger charge is 2.29. The monoisotopic (exact) mass is 310 g/mol. The van der Waals surface area contributed by atoms with Gasteiger partial charge in [-0.2, -0.15) is 0 Å². The molecule has 23 heavy (non-hydrogen) atoms.